The van der Waals surface area contributed by atoms with Gasteiger partial charge in [-0.2, -0.15) is 0 Å². The molecule has 0 radical (unpaired) electrons. The van der Waals surface area contributed by atoms with Gasteiger partial charge in [0.05, 0.1) is 6.61 Å². The second-order valence-corrected chi connectivity index (χ2v) is 5.29. The van der Waals surface area contributed by atoms with E-state index in [0.717, 1.165) is 12.5 Å². The molecule has 2 bridgehead atoms. The minimum atomic E-state index is 0.217. The van der Waals surface area contributed by atoms with Crippen molar-refractivity contribution in [2.24, 2.45) is 0 Å². The molecule has 2 aliphatic rings. The first kappa shape index (κ1) is 8.89. The summed E-state index contributed by atoms with van der Waals surface area (Å²) in [7, 11) is 2.24. The predicted octanol–water partition coefficient (Wildman–Crippen LogP) is 1.93. The van der Waals surface area contributed by atoms with E-state index in [9.17, 15) is 5.11 Å². The van der Waals surface area contributed by atoms with E-state index in [2.05, 4.69) is 17.3 Å². The van der Waals surface area contributed by atoms with Crippen molar-refractivity contribution in [2.75, 3.05) is 7.05 Å². The molecule has 1 saturated heterocycles. The first-order chi connectivity index (χ1) is 6.81. The topological polar surface area (TPSA) is 23.5 Å². The van der Waals surface area contributed by atoms with Gasteiger partial charge in [0, 0.05) is 17.0 Å². The fourth-order valence-corrected chi connectivity index (χ4v) is 4.17. The lowest BCUT2D eigenvalue weighted by atomic mass is 9.98. The third-order valence-electron chi connectivity index (χ3n) is 3.77. The fourth-order valence-electron chi connectivity index (χ4n) is 2.89. The van der Waals surface area contributed by atoms with Gasteiger partial charge < -0.3 is 5.11 Å². The van der Waals surface area contributed by atoms with Crippen molar-refractivity contribution in [3.05, 3.63) is 21.4 Å². The Kier molecular flexibility index (Phi) is 1.94. The van der Waals surface area contributed by atoms with Crippen LogP contribution in [0.5, 0.6) is 0 Å². The number of likely N-dealkylation sites (N-methyl/N-ethyl adjacent to an activating group) is 1. The molecule has 3 heteroatoms. The van der Waals surface area contributed by atoms with Crippen LogP contribution in [0.4, 0.5) is 0 Å². The van der Waals surface area contributed by atoms with Gasteiger partial charge in [0.2, 0.25) is 0 Å². The quantitative estimate of drug-likeness (QED) is 0.764. The Bertz CT molecular complexity index is 360. The third-order valence-corrected chi connectivity index (χ3v) is 4.94. The van der Waals surface area contributed by atoms with Gasteiger partial charge >= 0.3 is 0 Å². The van der Waals surface area contributed by atoms with E-state index >= 15 is 0 Å². The summed E-state index contributed by atoms with van der Waals surface area (Å²) in [5, 5.41) is 11.4. The molecule has 0 amide bonds. The van der Waals surface area contributed by atoms with E-state index in [1.165, 1.54) is 28.8 Å². The Morgan fingerprint density at radius 2 is 2.43 bits per heavy atom. The average Bonchev–Trinajstić information content (AvgIpc) is 2.68. The SMILES string of the molecule is CN1C2CCC1c1scc(CO)c1C2. The number of rotatable bonds is 1. The van der Waals surface area contributed by atoms with Gasteiger partial charge in [-0.3, -0.25) is 4.90 Å². The molecular weight excluding hydrogens is 194 g/mol. The predicted molar refractivity (Wildman–Crippen MR) is 57.5 cm³/mol. The van der Waals surface area contributed by atoms with Crippen molar-refractivity contribution in [3.63, 3.8) is 0 Å². The van der Waals surface area contributed by atoms with E-state index in [1.807, 2.05) is 11.3 Å². The Hall–Kier alpha value is -0.380. The van der Waals surface area contributed by atoms with Crippen molar-refractivity contribution in [1.29, 1.82) is 0 Å². The molecule has 14 heavy (non-hydrogen) atoms. The number of aliphatic hydroxyl groups excluding tert-OH is 1. The van der Waals surface area contributed by atoms with Crippen LogP contribution >= 0.6 is 11.3 Å². The Labute approximate surface area is 88.2 Å². The first-order valence-electron chi connectivity index (χ1n) is 5.23. The first-order valence-corrected chi connectivity index (χ1v) is 6.11. The monoisotopic (exact) mass is 209 g/mol. The molecule has 1 aromatic rings. The third kappa shape index (κ3) is 1.03. The number of nitrogens with zero attached hydrogens (tertiary/aromatic N) is 1. The second-order valence-electron chi connectivity index (χ2n) is 4.38. The summed E-state index contributed by atoms with van der Waals surface area (Å²) >= 11 is 1.84. The zero-order valence-electron chi connectivity index (χ0n) is 8.36. The van der Waals surface area contributed by atoms with Gasteiger partial charge in [0.1, 0.15) is 0 Å². The molecule has 0 aromatic carbocycles. The van der Waals surface area contributed by atoms with Crippen LogP contribution in [0.2, 0.25) is 0 Å². The summed E-state index contributed by atoms with van der Waals surface area (Å²) < 4.78 is 0. The highest BCUT2D eigenvalue weighted by Gasteiger charge is 2.39. The summed E-state index contributed by atoms with van der Waals surface area (Å²) in [5.41, 5.74) is 2.64. The maximum absolute atomic E-state index is 9.23. The lowest BCUT2D eigenvalue weighted by Gasteiger charge is -2.31. The van der Waals surface area contributed by atoms with E-state index in [0.29, 0.717) is 6.04 Å². The molecule has 2 aliphatic heterocycles. The van der Waals surface area contributed by atoms with E-state index < -0.39 is 0 Å². The van der Waals surface area contributed by atoms with Crippen LogP contribution in [-0.4, -0.2) is 23.1 Å². The summed E-state index contributed by atoms with van der Waals surface area (Å²) in [6.45, 7) is 0.217. The fraction of sp³-hybridized carbons (Fsp3) is 0.636. The lowest BCUT2D eigenvalue weighted by molar-refractivity contribution is 0.224. The van der Waals surface area contributed by atoms with E-state index in [1.54, 1.807) is 0 Å². The van der Waals surface area contributed by atoms with E-state index in [4.69, 9.17) is 0 Å². The largest absolute Gasteiger partial charge is 0.392 e. The molecule has 2 atom stereocenters. The van der Waals surface area contributed by atoms with Crippen LogP contribution in [0.3, 0.4) is 0 Å². The average molecular weight is 209 g/mol. The summed E-state index contributed by atoms with van der Waals surface area (Å²) in [5.74, 6) is 0. The van der Waals surface area contributed by atoms with Crippen LogP contribution < -0.4 is 0 Å². The molecule has 1 N–H and O–H groups in total. The maximum Gasteiger partial charge on any atom is 0.0692 e. The number of thiophene rings is 1. The van der Waals surface area contributed by atoms with Crippen molar-refractivity contribution in [3.8, 4) is 0 Å². The molecule has 1 aromatic heterocycles. The minimum absolute atomic E-state index is 0.217. The van der Waals surface area contributed by atoms with Crippen LogP contribution in [0.15, 0.2) is 5.38 Å². The van der Waals surface area contributed by atoms with E-state index in [-0.39, 0.29) is 6.61 Å². The maximum atomic E-state index is 9.23. The zero-order valence-corrected chi connectivity index (χ0v) is 9.18. The smallest absolute Gasteiger partial charge is 0.0692 e. The zero-order chi connectivity index (χ0) is 9.71. The highest BCUT2D eigenvalue weighted by atomic mass is 32.1. The Morgan fingerprint density at radius 3 is 3.21 bits per heavy atom. The van der Waals surface area contributed by atoms with Crippen LogP contribution in [-0.2, 0) is 13.0 Å². The molecule has 1 fully saturated rings. The highest BCUT2D eigenvalue weighted by molar-refractivity contribution is 7.10. The molecule has 3 heterocycles. The Balaban J connectivity index is 2.08. The van der Waals surface area contributed by atoms with Crippen molar-refractivity contribution >= 4 is 11.3 Å². The number of aliphatic hydroxyl groups is 1. The molecule has 0 aliphatic carbocycles. The minimum Gasteiger partial charge on any atom is -0.392 e. The van der Waals surface area contributed by atoms with Crippen molar-refractivity contribution in [1.82, 2.24) is 4.90 Å². The second kappa shape index (κ2) is 3.05. The molecule has 2 nitrogen and oxygen atoms in total. The van der Waals surface area contributed by atoms with Gasteiger partial charge in [-0.25, -0.2) is 0 Å². The van der Waals surface area contributed by atoms with Crippen molar-refractivity contribution in [2.45, 2.75) is 38.0 Å². The van der Waals surface area contributed by atoms with Crippen LogP contribution in [0.25, 0.3) is 0 Å². The van der Waals surface area contributed by atoms with Crippen molar-refractivity contribution < 1.29 is 5.11 Å². The van der Waals surface area contributed by atoms with Gasteiger partial charge in [-0.05, 0) is 42.8 Å². The molecule has 2 unspecified atom stereocenters. The number of fused-ring (bicyclic) bond motifs is 4. The summed E-state index contributed by atoms with van der Waals surface area (Å²) in [4.78, 5) is 4.03. The van der Waals surface area contributed by atoms with Crippen LogP contribution in [0.1, 0.15) is 34.9 Å². The van der Waals surface area contributed by atoms with Gasteiger partial charge in [-0.15, -0.1) is 11.3 Å². The normalized spacial score (nSPS) is 30.7. The van der Waals surface area contributed by atoms with Gasteiger partial charge in [-0.1, -0.05) is 0 Å². The number of hydrogen-bond donors (Lipinski definition) is 1. The molecule has 0 spiro atoms. The molecule has 76 valence electrons. The summed E-state index contributed by atoms with van der Waals surface area (Å²) in [6, 6.07) is 1.38. The van der Waals surface area contributed by atoms with Gasteiger partial charge in [0.15, 0.2) is 0 Å². The van der Waals surface area contributed by atoms with Gasteiger partial charge in [0.25, 0.3) is 0 Å². The van der Waals surface area contributed by atoms with Crippen LogP contribution in [0, 0.1) is 0 Å². The number of hydrogen-bond acceptors (Lipinski definition) is 3. The highest BCUT2D eigenvalue weighted by Crippen LogP contribution is 2.46. The Morgan fingerprint density at radius 1 is 1.57 bits per heavy atom. The molecule has 0 saturated carbocycles. The summed E-state index contributed by atoms with van der Waals surface area (Å²) in [6.07, 6.45) is 3.79. The lowest BCUT2D eigenvalue weighted by Crippen LogP contribution is -2.33. The molecular formula is C11H15NOS. The standard InChI is InChI=1S/C11H15NOS/c1-12-8-2-3-10(12)11-9(4-8)7(5-13)6-14-11/h6,8,10,13H,2-5H2,1H3. The molecule has 3 rings (SSSR count).